The van der Waals surface area contributed by atoms with Crippen LogP contribution in [-0.4, -0.2) is 21.1 Å². The molecule has 0 spiro atoms. The first-order chi connectivity index (χ1) is 12.0. The van der Waals surface area contributed by atoms with Gasteiger partial charge in [-0.3, -0.25) is 9.59 Å². The maximum Gasteiger partial charge on any atom is 0.220 e. The van der Waals surface area contributed by atoms with Gasteiger partial charge >= 0.3 is 0 Å². The van der Waals surface area contributed by atoms with Gasteiger partial charge in [0.1, 0.15) is 11.5 Å². The Labute approximate surface area is 148 Å². The third-order valence-electron chi connectivity index (χ3n) is 3.68. The van der Waals surface area contributed by atoms with E-state index < -0.39 is 0 Å². The molecule has 0 fully saturated rings. The summed E-state index contributed by atoms with van der Waals surface area (Å²) in [7, 11) is 0. The number of Topliss-reactive ketones (excluding diaryl/α,β-unsaturated/α-hetero) is 1. The predicted octanol–water partition coefficient (Wildman–Crippen LogP) is 3.41. The number of ketones is 1. The first-order valence-corrected chi connectivity index (χ1v) is 8.08. The molecule has 0 aliphatic rings. The van der Waals surface area contributed by atoms with Crippen LogP contribution >= 0.6 is 11.6 Å². The largest absolute Gasteiger partial charge is 0.350 e. The van der Waals surface area contributed by atoms with Gasteiger partial charge in [-0.25, -0.2) is 9.37 Å². The van der Waals surface area contributed by atoms with Crippen LogP contribution in [0, 0.1) is 5.82 Å². The molecule has 5 nitrogen and oxygen atoms in total. The van der Waals surface area contributed by atoms with E-state index in [0.717, 1.165) is 0 Å². The zero-order chi connectivity index (χ0) is 17.8. The molecule has 25 heavy (non-hydrogen) atoms. The van der Waals surface area contributed by atoms with Gasteiger partial charge < -0.3 is 9.72 Å². The highest BCUT2D eigenvalue weighted by Crippen LogP contribution is 2.12. The summed E-state index contributed by atoms with van der Waals surface area (Å²) in [6.45, 7) is 0.220. The summed E-state index contributed by atoms with van der Waals surface area (Å²) in [6, 6.07) is 9.44. The summed E-state index contributed by atoms with van der Waals surface area (Å²) in [5.41, 5.74) is 1.74. The number of rotatable bonds is 6. The zero-order valence-electron chi connectivity index (χ0n) is 13.2. The number of pyridine rings is 1. The van der Waals surface area contributed by atoms with Gasteiger partial charge in [0.25, 0.3) is 0 Å². The molecule has 0 saturated carbocycles. The summed E-state index contributed by atoms with van der Waals surface area (Å²) in [6.07, 6.45) is 3.17. The molecule has 2 heterocycles. The van der Waals surface area contributed by atoms with E-state index in [4.69, 9.17) is 11.6 Å². The molecule has 0 saturated heterocycles. The van der Waals surface area contributed by atoms with Crippen molar-refractivity contribution < 1.29 is 14.0 Å². The highest BCUT2D eigenvalue weighted by atomic mass is 35.5. The standard InChI is InChI=1S/C18H15ClFN3O2/c19-13-3-1-12(2-4-13)16(24)6-8-18(25)21-9-15-11-23-10-14(20)5-7-17(23)22-15/h1-5,7,10-11H,6,8-9H2,(H,21,25). The van der Waals surface area contributed by atoms with E-state index in [1.807, 2.05) is 0 Å². The Bertz CT molecular complexity index is 922. The van der Waals surface area contributed by atoms with E-state index >= 15 is 0 Å². The summed E-state index contributed by atoms with van der Waals surface area (Å²) in [5, 5.41) is 3.27. The number of fused-ring (bicyclic) bond motifs is 1. The number of hydrogen-bond acceptors (Lipinski definition) is 3. The van der Waals surface area contributed by atoms with Crippen molar-refractivity contribution in [2.45, 2.75) is 19.4 Å². The second kappa shape index (κ2) is 7.44. The van der Waals surface area contributed by atoms with Crippen molar-refractivity contribution in [2.24, 2.45) is 0 Å². The molecule has 128 valence electrons. The quantitative estimate of drug-likeness (QED) is 0.686. The first kappa shape index (κ1) is 17.1. The lowest BCUT2D eigenvalue weighted by molar-refractivity contribution is -0.121. The van der Waals surface area contributed by atoms with Crippen LogP contribution in [0.25, 0.3) is 5.65 Å². The molecule has 1 amide bonds. The van der Waals surface area contributed by atoms with Crippen LogP contribution in [0.3, 0.4) is 0 Å². The fourth-order valence-corrected chi connectivity index (χ4v) is 2.51. The van der Waals surface area contributed by atoms with Crippen LogP contribution in [0.2, 0.25) is 5.02 Å². The Morgan fingerprint density at radius 3 is 2.60 bits per heavy atom. The number of nitrogens with one attached hydrogen (secondary N) is 1. The van der Waals surface area contributed by atoms with Crippen LogP contribution in [0.4, 0.5) is 4.39 Å². The normalized spacial score (nSPS) is 10.8. The minimum absolute atomic E-state index is 0.0868. The zero-order valence-corrected chi connectivity index (χ0v) is 14.0. The molecule has 1 aromatic carbocycles. The molecule has 0 bridgehead atoms. The topological polar surface area (TPSA) is 63.5 Å². The van der Waals surface area contributed by atoms with Crippen LogP contribution in [0.5, 0.6) is 0 Å². The van der Waals surface area contributed by atoms with Crippen molar-refractivity contribution in [3.05, 3.63) is 70.9 Å². The van der Waals surface area contributed by atoms with Gasteiger partial charge in [0, 0.05) is 35.8 Å². The van der Waals surface area contributed by atoms with E-state index in [1.54, 1.807) is 40.9 Å². The molecular weight excluding hydrogens is 345 g/mol. The van der Waals surface area contributed by atoms with E-state index in [-0.39, 0.29) is 36.9 Å². The smallest absolute Gasteiger partial charge is 0.220 e. The van der Waals surface area contributed by atoms with Gasteiger partial charge in [0.05, 0.1) is 12.2 Å². The van der Waals surface area contributed by atoms with E-state index in [1.165, 1.54) is 12.3 Å². The monoisotopic (exact) mass is 359 g/mol. The number of nitrogens with zero attached hydrogens (tertiary/aromatic N) is 2. The van der Waals surface area contributed by atoms with Crippen molar-refractivity contribution >= 4 is 28.9 Å². The van der Waals surface area contributed by atoms with Gasteiger partial charge in [-0.05, 0) is 36.4 Å². The highest BCUT2D eigenvalue weighted by Gasteiger charge is 2.10. The molecule has 3 rings (SSSR count). The molecule has 0 radical (unpaired) electrons. The van der Waals surface area contributed by atoms with E-state index in [9.17, 15) is 14.0 Å². The molecular formula is C18H15ClFN3O2. The lowest BCUT2D eigenvalue weighted by atomic mass is 10.1. The number of benzene rings is 1. The Hall–Kier alpha value is -2.73. The molecule has 1 N–H and O–H groups in total. The molecule has 0 aliphatic heterocycles. The molecule has 3 aromatic rings. The van der Waals surface area contributed by atoms with Crippen LogP contribution < -0.4 is 5.32 Å². The van der Waals surface area contributed by atoms with E-state index in [2.05, 4.69) is 10.3 Å². The second-order valence-corrected chi connectivity index (χ2v) is 5.99. The van der Waals surface area contributed by atoms with Crippen molar-refractivity contribution in [3.63, 3.8) is 0 Å². The fraction of sp³-hybridized carbons (Fsp3) is 0.167. The summed E-state index contributed by atoms with van der Waals surface area (Å²) in [4.78, 5) is 28.2. The van der Waals surface area contributed by atoms with Crippen molar-refractivity contribution in [3.8, 4) is 0 Å². The van der Waals surface area contributed by atoms with Gasteiger partial charge in [0.15, 0.2) is 5.78 Å². The van der Waals surface area contributed by atoms with Crippen LogP contribution in [0.1, 0.15) is 28.9 Å². The number of hydrogen-bond donors (Lipinski definition) is 1. The third-order valence-corrected chi connectivity index (χ3v) is 3.93. The summed E-state index contributed by atoms with van der Waals surface area (Å²) in [5.74, 6) is -0.721. The Morgan fingerprint density at radius 2 is 1.84 bits per heavy atom. The Balaban J connectivity index is 1.50. The average Bonchev–Trinajstić information content (AvgIpc) is 3.00. The van der Waals surface area contributed by atoms with Crippen molar-refractivity contribution in [2.75, 3.05) is 0 Å². The third kappa shape index (κ3) is 4.42. The molecule has 7 heteroatoms. The van der Waals surface area contributed by atoms with Crippen LogP contribution in [-0.2, 0) is 11.3 Å². The number of imidazole rings is 1. The lowest BCUT2D eigenvalue weighted by Gasteiger charge is -2.03. The maximum absolute atomic E-state index is 13.1. The molecule has 2 aromatic heterocycles. The minimum atomic E-state index is -0.360. The number of carbonyl (C=O) groups is 2. The SMILES string of the molecule is O=C(CCC(=O)c1ccc(Cl)cc1)NCc1cn2cc(F)ccc2n1. The molecule has 0 aliphatic carbocycles. The first-order valence-electron chi connectivity index (χ1n) is 7.70. The van der Waals surface area contributed by atoms with Crippen molar-refractivity contribution in [1.29, 1.82) is 0 Å². The molecule has 0 atom stereocenters. The number of halogens is 2. The number of aromatic nitrogens is 2. The van der Waals surface area contributed by atoms with Crippen LogP contribution in [0.15, 0.2) is 48.8 Å². The number of amides is 1. The van der Waals surface area contributed by atoms with Crippen molar-refractivity contribution in [1.82, 2.24) is 14.7 Å². The summed E-state index contributed by atoms with van der Waals surface area (Å²) < 4.78 is 14.7. The maximum atomic E-state index is 13.1. The Morgan fingerprint density at radius 1 is 1.08 bits per heavy atom. The minimum Gasteiger partial charge on any atom is -0.350 e. The molecule has 0 unspecified atom stereocenters. The second-order valence-electron chi connectivity index (χ2n) is 5.55. The number of carbonyl (C=O) groups excluding carboxylic acids is 2. The average molecular weight is 360 g/mol. The summed E-state index contributed by atoms with van der Waals surface area (Å²) >= 11 is 5.78. The van der Waals surface area contributed by atoms with Gasteiger partial charge in [-0.15, -0.1) is 0 Å². The predicted molar refractivity (Wildman–Crippen MR) is 92.0 cm³/mol. The highest BCUT2D eigenvalue weighted by molar-refractivity contribution is 6.30. The Kier molecular flexibility index (Phi) is 5.09. The lowest BCUT2D eigenvalue weighted by Crippen LogP contribution is -2.23. The van der Waals surface area contributed by atoms with Gasteiger partial charge in [0.2, 0.25) is 5.91 Å². The van der Waals surface area contributed by atoms with E-state index in [0.29, 0.717) is 21.9 Å². The van der Waals surface area contributed by atoms with Gasteiger partial charge in [-0.1, -0.05) is 11.6 Å². The van der Waals surface area contributed by atoms with Gasteiger partial charge in [-0.2, -0.15) is 0 Å². The fourth-order valence-electron chi connectivity index (χ4n) is 2.39.